The molecule has 0 rings (SSSR count). The highest BCUT2D eigenvalue weighted by Crippen LogP contribution is 1.95. The fourth-order valence-electron chi connectivity index (χ4n) is 0.426. The molecule has 0 unspecified atom stereocenters. The van der Waals surface area contributed by atoms with E-state index in [1.165, 1.54) is 0 Å². The first kappa shape index (κ1) is 6.45. The van der Waals surface area contributed by atoms with E-state index in [-0.39, 0.29) is 0 Å². The van der Waals surface area contributed by atoms with Gasteiger partial charge in [0.2, 0.25) is 0 Å². The molecule has 0 aromatic rings. The van der Waals surface area contributed by atoms with Crippen molar-refractivity contribution >= 4 is 5.94 Å². The van der Waals surface area contributed by atoms with Crippen molar-refractivity contribution in [1.82, 2.24) is 0 Å². The van der Waals surface area contributed by atoms with Gasteiger partial charge in [0.25, 0.3) is 0 Å². The smallest absolute Gasteiger partial charge is 0.123 e. The van der Waals surface area contributed by atoms with Crippen LogP contribution >= 0.6 is 0 Å². The number of carbonyl (C=O) groups excluding carboxylic acids is 1. The van der Waals surface area contributed by atoms with Crippen molar-refractivity contribution < 1.29 is 4.79 Å². The molecule has 7 heavy (non-hydrogen) atoms. The molecule has 0 aliphatic heterocycles. The largest absolute Gasteiger partial charge is 0.234 e. The average molecular weight is 98.1 g/mol. The van der Waals surface area contributed by atoms with Gasteiger partial charge in [0.15, 0.2) is 0 Å². The molecule has 0 amide bonds. The minimum absolute atomic E-state index is 0.822. The molecular weight excluding hydrogens is 88.1 g/mol. The van der Waals surface area contributed by atoms with Gasteiger partial charge in [-0.15, -0.1) is 0 Å². The average Bonchev–Trinajstić information content (AvgIpc) is 1.68. The SMILES string of the molecule is CCCC(C)=C=O. The Kier molecular flexibility index (Phi) is 3.35. The molecular formula is C6H10O. The van der Waals surface area contributed by atoms with Crippen LogP contribution in [0.15, 0.2) is 5.57 Å². The number of allylic oxidation sites excluding steroid dienone is 1. The lowest BCUT2D eigenvalue weighted by atomic mass is 10.2. The number of rotatable bonds is 2. The van der Waals surface area contributed by atoms with Gasteiger partial charge in [0.05, 0.1) is 0 Å². The minimum atomic E-state index is 0.822. The molecule has 0 spiro atoms. The Labute approximate surface area is 44.0 Å². The summed E-state index contributed by atoms with van der Waals surface area (Å²) in [7, 11) is 0. The minimum Gasteiger partial charge on any atom is -0.234 e. The Bertz CT molecular complexity index is 88.4. The van der Waals surface area contributed by atoms with Crippen molar-refractivity contribution in [3.63, 3.8) is 0 Å². The Balaban J connectivity index is 3.37. The second kappa shape index (κ2) is 3.63. The molecule has 0 aliphatic rings. The van der Waals surface area contributed by atoms with E-state index < -0.39 is 0 Å². The van der Waals surface area contributed by atoms with Crippen LogP contribution in [0.3, 0.4) is 0 Å². The van der Waals surface area contributed by atoms with E-state index in [4.69, 9.17) is 0 Å². The summed E-state index contributed by atoms with van der Waals surface area (Å²) in [6.45, 7) is 3.84. The number of hydrogen-bond acceptors (Lipinski definition) is 1. The molecule has 0 N–H and O–H groups in total. The highest BCUT2D eigenvalue weighted by Gasteiger charge is 1.82. The van der Waals surface area contributed by atoms with E-state index in [2.05, 4.69) is 0 Å². The normalized spacial score (nSPS) is 7.71. The van der Waals surface area contributed by atoms with E-state index in [0.717, 1.165) is 18.4 Å². The van der Waals surface area contributed by atoms with Crippen LogP contribution in [0.2, 0.25) is 0 Å². The molecule has 0 radical (unpaired) electrons. The van der Waals surface area contributed by atoms with Gasteiger partial charge < -0.3 is 0 Å². The molecule has 1 heteroatoms. The first-order valence-electron chi connectivity index (χ1n) is 2.51. The van der Waals surface area contributed by atoms with Gasteiger partial charge in [-0.2, -0.15) is 0 Å². The molecule has 0 saturated carbocycles. The van der Waals surface area contributed by atoms with Gasteiger partial charge in [-0.25, -0.2) is 4.79 Å². The third kappa shape index (κ3) is 3.28. The van der Waals surface area contributed by atoms with Crippen LogP contribution in [-0.2, 0) is 4.79 Å². The van der Waals surface area contributed by atoms with Crippen LogP contribution in [0.25, 0.3) is 0 Å². The van der Waals surface area contributed by atoms with Gasteiger partial charge >= 0.3 is 0 Å². The Morgan fingerprint density at radius 2 is 2.29 bits per heavy atom. The highest BCUT2D eigenvalue weighted by molar-refractivity contribution is 5.50. The molecule has 0 aromatic carbocycles. The van der Waals surface area contributed by atoms with Crippen LogP contribution in [0.4, 0.5) is 0 Å². The molecule has 0 heterocycles. The van der Waals surface area contributed by atoms with Gasteiger partial charge in [0.1, 0.15) is 5.94 Å². The zero-order valence-corrected chi connectivity index (χ0v) is 4.82. The summed E-state index contributed by atoms with van der Waals surface area (Å²) in [6.07, 6.45) is 1.94. The molecule has 0 atom stereocenters. The predicted molar refractivity (Wildman–Crippen MR) is 29.8 cm³/mol. The van der Waals surface area contributed by atoms with Crippen LogP contribution in [0.1, 0.15) is 26.7 Å². The first-order valence-corrected chi connectivity index (χ1v) is 2.51. The monoisotopic (exact) mass is 98.1 g/mol. The summed E-state index contributed by atoms with van der Waals surface area (Å²) in [5.41, 5.74) is 0.822. The van der Waals surface area contributed by atoms with Crippen molar-refractivity contribution in [3.05, 3.63) is 5.57 Å². The predicted octanol–water partition coefficient (Wildman–Crippen LogP) is 1.56. The lowest BCUT2D eigenvalue weighted by Gasteiger charge is -1.84. The van der Waals surface area contributed by atoms with Crippen molar-refractivity contribution in [2.75, 3.05) is 0 Å². The molecule has 1 nitrogen and oxygen atoms in total. The van der Waals surface area contributed by atoms with Crippen molar-refractivity contribution in [1.29, 1.82) is 0 Å². The quantitative estimate of drug-likeness (QED) is 0.479. The second-order valence-corrected chi connectivity index (χ2v) is 1.63. The maximum atomic E-state index is 9.73. The summed E-state index contributed by atoms with van der Waals surface area (Å²) in [6, 6.07) is 0. The topological polar surface area (TPSA) is 17.1 Å². The summed E-state index contributed by atoms with van der Waals surface area (Å²) in [4.78, 5) is 9.73. The molecule has 0 aromatic heterocycles. The van der Waals surface area contributed by atoms with Crippen molar-refractivity contribution in [2.24, 2.45) is 0 Å². The summed E-state index contributed by atoms with van der Waals surface area (Å²) >= 11 is 0. The Morgan fingerprint density at radius 1 is 1.71 bits per heavy atom. The molecule has 0 aliphatic carbocycles. The first-order chi connectivity index (χ1) is 3.31. The van der Waals surface area contributed by atoms with E-state index in [9.17, 15) is 4.79 Å². The van der Waals surface area contributed by atoms with Gasteiger partial charge in [0, 0.05) is 5.57 Å². The van der Waals surface area contributed by atoms with Crippen LogP contribution in [0.5, 0.6) is 0 Å². The van der Waals surface area contributed by atoms with Crippen LogP contribution < -0.4 is 0 Å². The third-order valence-electron chi connectivity index (χ3n) is 0.799. The van der Waals surface area contributed by atoms with Gasteiger partial charge in [-0.05, 0) is 13.3 Å². The molecule has 0 bridgehead atoms. The second-order valence-electron chi connectivity index (χ2n) is 1.63. The van der Waals surface area contributed by atoms with E-state index >= 15 is 0 Å². The highest BCUT2D eigenvalue weighted by atomic mass is 16.1. The van der Waals surface area contributed by atoms with Crippen molar-refractivity contribution in [3.8, 4) is 0 Å². The van der Waals surface area contributed by atoms with Crippen molar-refractivity contribution in [2.45, 2.75) is 26.7 Å². The lowest BCUT2D eigenvalue weighted by molar-refractivity contribution is 0.566. The van der Waals surface area contributed by atoms with E-state index in [1.807, 2.05) is 12.9 Å². The summed E-state index contributed by atoms with van der Waals surface area (Å²) in [5.74, 6) is 1.83. The van der Waals surface area contributed by atoms with Gasteiger partial charge in [-0.1, -0.05) is 13.3 Å². The zero-order valence-electron chi connectivity index (χ0n) is 4.82. The summed E-state index contributed by atoms with van der Waals surface area (Å²) < 4.78 is 0. The lowest BCUT2D eigenvalue weighted by Crippen LogP contribution is -1.72. The molecule has 0 fully saturated rings. The summed E-state index contributed by atoms with van der Waals surface area (Å²) in [5, 5.41) is 0. The maximum Gasteiger partial charge on any atom is 0.123 e. The Hall–Kier alpha value is -0.550. The Morgan fingerprint density at radius 3 is 2.43 bits per heavy atom. The zero-order chi connectivity index (χ0) is 5.70. The standard InChI is InChI=1S/C6H10O/c1-3-4-6(2)5-7/h3-4H2,1-2H3. The fraction of sp³-hybridized carbons (Fsp3) is 0.667. The molecule has 0 saturated heterocycles. The van der Waals surface area contributed by atoms with E-state index in [0.29, 0.717) is 0 Å². The molecule has 40 valence electrons. The van der Waals surface area contributed by atoms with Gasteiger partial charge in [-0.3, -0.25) is 0 Å². The van der Waals surface area contributed by atoms with Crippen LogP contribution in [0, 0.1) is 0 Å². The van der Waals surface area contributed by atoms with Crippen LogP contribution in [-0.4, -0.2) is 5.94 Å². The number of hydrogen-bond donors (Lipinski definition) is 0. The fourth-order valence-corrected chi connectivity index (χ4v) is 0.426. The maximum absolute atomic E-state index is 9.73. The van der Waals surface area contributed by atoms with E-state index in [1.54, 1.807) is 6.92 Å². The third-order valence-corrected chi connectivity index (χ3v) is 0.799.